The molecular weight excluding hydrogens is 432 g/mol. The summed E-state index contributed by atoms with van der Waals surface area (Å²) in [4.78, 5) is 22.3. The third-order valence-corrected chi connectivity index (χ3v) is 7.31. The maximum atomic E-state index is 13.2. The minimum atomic E-state index is -3.77. The minimum Gasteiger partial charge on any atom is -0.394 e. The number of carbonyl (C=O) groups is 1. The first-order valence-corrected chi connectivity index (χ1v) is 12.1. The number of sulfonamides is 1. The van der Waals surface area contributed by atoms with Crippen LogP contribution in [0.4, 0.5) is 11.6 Å². The van der Waals surface area contributed by atoms with Gasteiger partial charge >= 0.3 is 0 Å². The average molecular weight is 457 g/mol. The second-order valence-electron chi connectivity index (χ2n) is 8.37. The number of nitrogens with zero attached hydrogens (tertiary/aromatic N) is 3. The number of benzene rings is 1. The smallest absolute Gasteiger partial charge is 0.246 e. The summed E-state index contributed by atoms with van der Waals surface area (Å²) in [5.41, 5.74) is 1.34. The molecule has 1 atom stereocenters. The predicted molar refractivity (Wildman–Crippen MR) is 118 cm³/mol. The monoisotopic (exact) mass is 456 g/mol. The van der Waals surface area contributed by atoms with Crippen molar-refractivity contribution in [3.05, 3.63) is 42.2 Å². The zero-order valence-electron chi connectivity index (χ0n) is 17.3. The molecule has 1 aliphatic carbocycles. The number of carbonyl (C=O) groups excluding carboxylic acids is 1. The predicted octanol–water partition coefficient (Wildman–Crippen LogP) is 1.64. The quantitative estimate of drug-likeness (QED) is 0.466. The molecule has 1 saturated carbocycles. The van der Waals surface area contributed by atoms with Crippen LogP contribution in [0.25, 0.3) is 11.0 Å². The highest BCUT2D eigenvalue weighted by atomic mass is 32.2. The Morgan fingerprint density at radius 1 is 1.22 bits per heavy atom. The third kappa shape index (κ3) is 3.33. The lowest BCUT2D eigenvalue weighted by Crippen LogP contribution is -2.56. The van der Waals surface area contributed by atoms with Crippen LogP contribution < -0.4 is 15.8 Å². The number of aliphatic hydroxyl groups is 1. The minimum absolute atomic E-state index is 0.0142. The second-order valence-corrected chi connectivity index (χ2v) is 9.93. The Hall–Kier alpha value is -3.02. The van der Waals surface area contributed by atoms with Crippen molar-refractivity contribution in [2.24, 2.45) is 5.14 Å². The van der Waals surface area contributed by atoms with Crippen molar-refractivity contribution in [2.45, 2.75) is 48.6 Å². The van der Waals surface area contributed by atoms with E-state index in [1.807, 2.05) is 10.6 Å². The van der Waals surface area contributed by atoms with Gasteiger partial charge in [0.2, 0.25) is 21.9 Å². The number of nitrogens with one attached hydrogen (secondary N) is 2. The molecule has 0 bridgehead atoms. The van der Waals surface area contributed by atoms with Crippen molar-refractivity contribution in [2.75, 3.05) is 11.9 Å². The SMILES string of the molecule is NS(=O)(=O)c1ccc(Nc2ncc3cc4n(c3n2)C2(CCCCC2)C(=O)N[C@H]4CO)cc1. The van der Waals surface area contributed by atoms with Gasteiger partial charge in [0, 0.05) is 23.0 Å². The Morgan fingerprint density at radius 2 is 1.94 bits per heavy atom. The number of fused-ring (bicyclic) bond motifs is 4. The van der Waals surface area contributed by atoms with E-state index in [0.717, 1.165) is 43.2 Å². The lowest BCUT2D eigenvalue weighted by Gasteiger charge is -2.44. The van der Waals surface area contributed by atoms with Gasteiger partial charge in [-0.15, -0.1) is 0 Å². The number of hydrogen-bond acceptors (Lipinski definition) is 7. The Bertz CT molecular complexity index is 1300. The summed E-state index contributed by atoms with van der Waals surface area (Å²) in [5, 5.41) is 21.9. The van der Waals surface area contributed by atoms with Crippen LogP contribution >= 0.6 is 0 Å². The Balaban J connectivity index is 1.58. The van der Waals surface area contributed by atoms with Gasteiger partial charge in [-0.05, 0) is 43.2 Å². The van der Waals surface area contributed by atoms with Gasteiger partial charge in [-0.3, -0.25) is 4.79 Å². The van der Waals surface area contributed by atoms with E-state index in [2.05, 4.69) is 15.6 Å². The van der Waals surface area contributed by atoms with E-state index in [1.54, 1.807) is 18.3 Å². The molecule has 1 aromatic carbocycles. The van der Waals surface area contributed by atoms with Gasteiger partial charge in [0.1, 0.15) is 11.2 Å². The van der Waals surface area contributed by atoms with E-state index in [9.17, 15) is 18.3 Å². The highest BCUT2D eigenvalue weighted by Gasteiger charge is 2.48. The van der Waals surface area contributed by atoms with E-state index in [0.29, 0.717) is 17.3 Å². The molecule has 10 nitrogen and oxygen atoms in total. The molecule has 3 heterocycles. The molecular formula is C21H24N6O4S. The van der Waals surface area contributed by atoms with E-state index in [-0.39, 0.29) is 17.4 Å². The fourth-order valence-corrected chi connectivity index (χ4v) is 5.34. The summed E-state index contributed by atoms with van der Waals surface area (Å²) < 4.78 is 24.9. The number of anilines is 2. The van der Waals surface area contributed by atoms with Gasteiger partial charge in [0.05, 0.1) is 17.5 Å². The van der Waals surface area contributed by atoms with Gasteiger partial charge < -0.3 is 20.3 Å². The summed E-state index contributed by atoms with van der Waals surface area (Å²) in [6, 6.07) is 7.41. The number of aliphatic hydroxyl groups excluding tert-OH is 1. The van der Waals surface area contributed by atoms with Crippen molar-refractivity contribution in [1.29, 1.82) is 0 Å². The molecule has 1 aliphatic heterocycles. The molecule has 5 N–H and O–H groups in total. The lowest BCUT2D eigenvalue weighted by atomic mass is 9.79. The van der Waals surface area contributed by atoms with E-state index in [4.69, 9.17) is 10.1 Å². The normalized spacial score (nSPS) is 20.2. The van der Waals surface area contributed by atoms with E-state index in [1.165, 1.54) is 12.1 Å². The summed E-state index contributed by atoms with van der Waals surface area (Å²) in [6.45, 7) is -0.201. The first-order chi connectivity index (χ1) is 15.3. The van der Waals surface area contributed by atoms with Crippen LogP contribution in [0.5, 0.6) is 0 Å². The first-order valence-electron chi connectivity index (χ1n) is 10.5. The molecule has 0 radical (unpaired) electrons. The van der Waals surface area contributed by atoms with E-state index < -0.39 is 21.6 Å². The van der Waals surface area contributed by atoms with Crippen LogP contribution in [-0.2, 0) is 20.4 Å². The lowest BCUT2D eigenvalue weighted by molar-refractivity contribution is -0.134. The molecule has 11 heteroatoms. The molecule has 1 spiro atoms. The maximum absolute atomic E-state index is 13.2. The Labute approximate surface area is 184 Å². The molecule has 5 rings (SSSR count). The topological polar surface area (TPSA) is 152 Å². The van der Waals surface area contributed by atoms with Crippen molar-refractivity contribution < 1.29 is 18.3 Å². The molecule has 32 heavy (non-hydrogen) atoms. The highest BCUT2D eigenvalue weighted by Crippen LogP contribution is 2.43. The average Bonchev–Trinajstić information content (AvgIpc) is 3.16. The highest BCUT2D eigenvalue weighted by molar-refractivity contribution is 7.89. The van der Waals surface area contributed by atoms with Gasteiger partial charge in [-0.2, -0.15) is 4.98 Å². The molecule has 1 fully saturated rings. The van der Waals surface area contributed by atoms with Crippen LogP contribution in [0.3, 0.4) is 0 Å². The van der Waals surface area contributed by atoms with Crippen LogP contribution in [0, 0.1) is 0 Å². The molecule has 168 valence electrons. The number of amides is 1. The van der Waals surface area contributed by atoms with Gasteiger partial charge in [0.15, 0.2) is 0 Å². The molecule has 2 aromatic heterocycles. The number of primary sulfonamides is 1. The fraction of sp³-hybridized carbons (Fsp3) is 0.381. The Morgan fingerprint density at radius 3 is 2.59 bits per heavy atom. The van der Waals surface area contributed by atoms with Gasteiger partial charge in [0.25, 0.3) is 0 Å². The zero-order chi connectivity index (χ0) is 22.5. The fourth-order valence-electron chi connectivity index (χ4n) is 4.83. The van der Waals surface area contributed by atoms with Crippen molar-refractivity contribution >= 4 is 38.6 Å². The largest absolute Gasteiger partial charge is 0.394 e. The number of hydrogen-bond donors (Lipinski definition) is 4. The summed E-state index contributed by atoms with van der Waals surface area (Å²) in [6.07, 6.45) is 6.10. The van der Waals surface area contributed by atoms with Crippen LogP contribution in [0.1, 0.15) is 43.8 Å². The molecule has 3 aromatic rings. The third-order valence-electron chi connectivity index (χ3n) is 6.38. The van der Waals surface area contributed by atoms with Crippen LogP contribution in [-0.4, -0.2) is 40.6 Å². The zero-order valence-corrected chi connectivity index (χ0v) is 18.1. The van der Waals surface area contributed by atoms with Crippen molar-refractivity contribution in [3.63, 3.8) is 0 Å². The summed E-state index contributed by atoms with van der Waals surface area (Å²) in [5.74, 6) is 0.243. The maximum Gasteiger partial charge on any atom is 0.246 e. The number of aromatic nitrogens is 3. The number of rotatable bonds is 4. The molecule has 1 amide bonds. The first kappa shape index (κ1) is 20.9. The molecule has 0 unspecified atom stereocenters. The van der Waals surface area contributed by atoms with Crippen LogP contribution in [0.2, 0.25) is 0 Å². The van der Waals surface area contributed by atoms with Crippen molar-refractivity contribution in [3.8, 4) is 0 Å². The molecule has 0 saturated heterocycles. The number of nitrogens with two attached hydrogens (primary N) is 1. The summed E-state index contributed by atoms with van der Waals surface area (Å²) >= 11 is 0. The van der Waals surface area contributed by atoms with E-state index >= 15 is 0 Å². The second kappa shape index (κ2) is 7.54. The summed E-state index contributed by atoms with van der Waals surface area (Å²) in [7, 11) is -3.77. The molecule has 2 aliphatic rings. The van der Waals surface area contributed by atoms with Crippen LogP contribution in [0.15, 0.2) is 41.4 Å². The van der Waals surface area contributed by atoms with Gasteiger partial charge in [-0.25, -0.2) is 18.5 Å². The van der Waals surface area contributed by atoms with Crippen molar-refractivity contribution in [1.82, 2.24) is 19.9 Å². The Kier molecular flexibility index (Phi) is 4.91. The van der Waals surface area contributed by atoms with Gasteiger partial charge in [-0.1, -0.05) is 19.3 Å². The standard InChI is InChI=1S/C21H24N6O4S/c22-32(30,31)15-6-4-14(5-7-15)24-20-23-11-13-10-17-16(12-28)25-19(29)21(8-2-1-3-9-21)27(17)18(13)26-20/h4-7,10-11,16,28H,1-3,8-9,12H2,(H,25,29)(H2,22,30,31)(H,23,24,26)/t16-/m0/s1.